The molecule has 1 radical (unpaired) electrons. The Morgan fingerprint density at radius 2 is 2.56 bits per heavy atom. The lowest BCUT2D eigenvalue weighted by atomic mass is 10.5. The molecule has 3 heteroatoms. The molecule has 0 atom stereocenters. The summed E-state index contributed by atoms with van der Waals surface area (Å²) >= 11 is 0. The zero-order valence-electron chi connectivity index (χ0n) is 4.65. The summed E-state index contributed by atoms with van der Waals surface area (Å²) in [6.45, 7) is 0. The number of fused-ring (bicyclic) bond motifs is 1. The third-order valence-electron chi connectivity index (χ3n) is 1.13. The van der Waals surface area contributed by atoms with Gasteiger partial charge in [-0.2, -0.15) is 0 Å². The normalized spacial score (nSPS) is 10.2. The van der Waals surface area contributed by atoms with Gasteiger partial charge in [0.25, 0.3) is 0 Å². The smallest absolute Gasteiger partial charge is 0.168 e. The number of rotatable bonds is 0. The van der Waals surface area contributed by atoms with Crippen molar-refractivity contribution in [3.63, 3.8) is 0 Å². The third kappa shape index (κ3) is 0.579. The number of nitrogens with zero attached hydrogens (tertiary/aromatic N) is 3. The van der Waals surface area contributed by atoms with Gasteiger partial charge >= 0.3 is 0 Å². The van der Waals surface area contributed by atoms with Gasteiger partial charge in [-0.25, -0.2) is 0 Å². The van der Waals surface area contributed by atoms with Crippen molar-refractivity contribution < 1.29 is 0 Å². The Balaban J connectivity index is 2.95. The van der Waals surface area contributed by atoms with E-state index in [0.29, 0.717) is 0 Å². The summed E-state index contributed by atoms with van der Waals surface area (Å²) in [5.41, 5.74) is 0.762. The first-order chi connectivity index (χ1) is 4.47. The molecule has 3 nitrogen and oxygen atoms in total. The van der Waals surface area contributed by atoms with Gasteiger partial charge in [0.15, 0.2) is 5.65 Å². The lowest BCUT2D eigenvalue weighted by Gasteiger charge is -1.83. The second-order valence-electron chi connectivity index (χ2n) is 1.71. The monoisotopic (exact) mass is 118 g/mol. The molecule has 0 aliphatic heterocycles. The van der Waals surface area contributed by atoms with E-state index >= 15 is 0 Å². The van der Waals surface area contributed by atoms with Gasteiger partial charge in [-0.05, 0) is 12.1 Å². The van der Waals surface area contributed by atoms with Crippen molar-refractivity contribution in [2.24, 2.45) is 0 Å². The second-order valence-corrected chi connectivity index (χ2v) is 1.71. The highest BCUT2D eigenvalue weighted by atomic mass is 15.2. The Morgan fingerprint density at radius 1 is 1.56 bits per heavy atom. The highest BCUT2D eigenvalue weighted by molar-refractivity contribution is 5.33. The van der Waals surface area contributed by atoms with Crippen LogP contribution in [-0.4, -0.2) is 14.6 Å². The topological polar surface area (TPSA) is 30.2 Å². The lowest BCUT2D eigenvalue weighted by Crippen LogP contribution is -1.78. The molecule has 9 heavy (non-hydrogen) atoms. The molecular weight excluding hydrogens is 114 g/mol. The number of hydrogen-bond acceptors (Lipinski definition) is 2. The summed E-state index contributed by atoms with van der Waals surface area (Å²) in [4.78, 5) is 0. The van der Waals surface area contributed by atoms with E-state index in [4.69, 9.17) is 0 Å². The molecule has 2 rings (SSSR count). The molecule has 0 saturated heterocycles. The quantitative estimate of drug-likeness (QED) is 0.505. The predicted octanol–water partition coefficient (Wildman–Crippen LogP) is 0.529. The van der Waals surface area contributed by atoms with Gasteiger partial charge in [-0.1, -0.05) is 0 Å². The Kier molecular flexibility index (Phi) is 0.773. The largest absolute Gasteiger partial charge is 0.289 e. The van der Waals surface area contributed by atoms with Crippen molar-refractivity contribution in [2.45, 2.75) is 0 Å². The summed E-state index contributed by atoms with van der Waals surface area (Å²) in [6, 6.07) is 6.61. The number of aromatic nitrogens is 3. The summed E-state index contributed by atoms with van der Waals surface area (Å²) in [7, 11) is 0. The van der Waals surface area contributed by atoms with Crippen LogP contribution in [0.15, 0.2) is 24.7 Å². The molecule has 0 bridgehead atoms. The molecule has 43 valence electrons. The fraction of sp³-hybridized carbons (Fsp3) is 0. The van der Waals surface area contributed by atoms with E-state index in [1.807, 2.05) is 18.3 Å². The van der Waals surface area contributed by atoms with Crippen LogP contribution in [0, 0.1) is 6.07 Å². The molecule has 2 aromatic rings. The maximum absolute atomic E-state index is 3.78. The fourth-order valence-electron chi connectivity index (χ4n) is 0.713. The van der Waals surface area contributed by atoms with Gasteiger partial charge in [-0.3, -0.25) is 4.40 Å². The summed E-state index contributed by atoms with van der Waals surface area (Å²) in [5.74, 6) is 0. The van der Waals surface area contributed by atoms with Crippen LogP contribution in [-0.2, 0) is 0 Å². The van der Waals surface area contributed by atoms with Crippen LogP contribution in [0.3, 0.4) is 0 Å². The Labute approximate surface area is 52.0 Å². The fourth-order valence-corrected chi connectivity index (χ4v) is 0.713. The third-order valence-corrected chi connectivity index (χ3v) is 1.13. The van der Waals surface area contributed by atoms with Gasteiger partial charge in [0.1, 0.15) is 6.33 Å². The van der Waals surface area contributed by atoms with E-state index in [9.17, 15) is 0 Å². The molecule has 2 aromatic heterocycles. The maximum atomic E-state index is 3.78. The summed E-state index contributed by atoms with van der Waals surface area (Å²) in [6.07, 6.45) is 3.53. The van der Waals surface area contributed by atoms with E-state index in [1.54, 1.807) is 10.7 Å². The molecule has 0 amide bonds. The molecule has 0 aromatic carbocycles. The van der Waals surface area contributed by atoms with E-state index in [-0.39, 0.29) is 0 Å². The van der Waals surface area contributed by atoms with E-state index in [1.165, 1.54) is 0 Å². The van der Waals surface area contributed by atoms with Crippen LogP contribution < -0.4 is 0 Å². The molecule has 0 fully saturated rings. The zero-order chi connectivity index (χ0) is 6.10. The van der Waals surface area contributed by atoms with Gasteiger partial charge in [0.2, 0.25) is 0 Å². The zero-order valence-corrected chi connectivity index (χ0v) is 4.65. The molecule has 2 heterocycles. The molecule has 0 aliphatic rings. The highest BCUT2D eigenvalue weighted by Gasteiger charge is 1.87. The average molecular weight is 118 g/mol. The van der Waals surface area contributed by atoms with Crippen molar-refractivity contribution in [1.29, 1.82) is 0 Å². The summed E-state index contributed by atoms with van der Waals surface area (Å²) < 4.78 is 1.81. The highest BCUT2D eigenvalue weighted by Crippen LogP contribution is 1.93. The van der Waals surface area contributed by atoms with E-state index in [0.717, 1.165) is 5.65 Å². The second kappa shape index (κ2) is 1.55. The Bertz CT molecular complexity index is 282. The first kappa shape index (κ1) is 4.49. The van der Waals surface area contributed by atoms with Crippen LogP contribution in [0.1, 0.15) is 0 Å². The van der Waals surface area contributed by atoms with Gasteiger partial charge in [0, 0.05) is 12.3 Å². The molecule has 0 saturated carbocycles. The van der Waals surface area contributed by atoms with E-state index < -0.39 is 0 Å². The molecule has 0 unspecified atom stereocenters. The first-order valence-electron chi connectivity index (χ1n) is 2.63. The molecule has 0 spiro atoms. The average Bonchev–Trinajstić information content (AvgIpc) is 2.33. The Hall–Kier alpha value is -1.38. The number of hydrogen-bond donors (Lipinski definition) is 0. The van der Waals surface area contributed by atoms with Crippen molar-refractivity contribution in [2.75, 3.05) is 0 Å². The molecule has 0 aliphatic carbocycles. The minimum atomic E-state index is 0.762. The minimum absolute atomic E-state index is 0.762. The lowest BCUT2D eigenvalue weighted by molar-refractivity contribution is 1.10. The predicted molar refractivity (Wildman–Crippen MR) is 31.8 cm³/mol. The Morgan fingerprint density at radius 3 is 3.44 bits per heavy atom. The maximum Gasteiger partial charge on any atom is 0.168 e. The van der Waals surface area contributed by atoms with Gasteiger partial charge in [-0.15, -0.1) is 10.2 Å². The van der Waals surface area contributed by atoms with E-state index in [2.05, 4.69) is 16.3 Å². The van der Waals surface area contributed by atoms with Crippen LogP contribution in [0.2, 0.25) is 0 Å². The van der Waals surface area contributed by atoms with Gasteiger partial charge < -0.3 is 0 Å². The standard InChI is InChI=1S/C6H4N3/c1-2-4-9-5-7-8-6(9)3-1/h1-2,4-5H. The first-order valence-corrected chi connectivity index (χ1v) is 2.63. The SMILES string of the molecule is [c]1cccn2cnnc12. The van der Waals surface area contributed by atoms with Crippen LogP contribution >= 0.6 is 0 Å². The van der Waals surface area contributed by atoms with Crippen LogP contribution in [0.5, 0.6) is 0 Å². The van der Waals surface area contributed by atoms with Crippen molar-refractivity contribution in [1.82, 2.24) is 14.6 Å². The molecular formula is C6H4N3. The van der Waals surface area contributed by atoms with Crippen LogP contribution in [0.25, 0.3) is 5.65 Å². The van der Waals surface area contributed by atoms with Gasteiger partial charge in [0.05, 0.1) is 0 Å². The van der Waals surface area contributed by atoms with Crippen molar-refractivity contribution >= 4 is 5.65 Å². The minimum Gasteiger partial charge on any atom is -0.289 e. The molecule has 0 N–H and O–H groups in total. The van der Waals surface area contributed by atoms with Crippen molar-refractivity contribution in [3.05, 3.63) is 30.7 Å². The van der Waals surface area contributed by atoms with Crippen LogP contribution in [0.4, 0.5) is 0 Å². The van der Waals surface area contributed by atoms with Crippen molar-refractivity contribution in [3.8, 4) is 0 Å². The number of pyridine rings is 1. The summed E-state index contributed by atoms with van der Waals surface area (Å²) in [5, 5.41) is 7.46.